The normalized spacial score (nSPS) is 15.9. The Balaban J connectivity index is 1.99. The molecule has 0 saturated carbocycles. The van der Waals surface area contributed by atoms with E-state index in [4.69, 9.17) is 21.7 Å². The molecule has 2 aromatic rings. The number of alkyl halides is 3. The summed E-state index contributed by atoms with van der Waals surface area (Å²) in [4.78, 5) is 26.3. The highest BCUT2D eigenvalue weighted by atomic mass is 32.1. The molecule has 0 aromatic heterocycles. The van der Waals surface area contributed by atoms with Crippen molar-refractivity contribution in [1.82, 2.24) is 5.32 Å². The van der Waals surface area contributed by atoms with Crippen molar-refractivity contribution in [3.63, 3.8) is 0 Å². The highest BCUT2D eigenvalue weighted by Gasteiger charge is 2.36. The summed E-state index contributed by atoms with van der Waals surface area (Å²) in [5.74, 6) is -0.734. The fourth-order valence-electron chi connectivity index (χ4n) is 3.01. The molecule has 168 valence electrons. The molecule has 2 amide bonds. The Morgan fingerprint density at radius 2 is 1.81 bits per heavy atom. The number of methoxy groups -OCH3 is 1. The van der Waals surface area contributed by atoms with Crippen LogP contribution >= 0.6 is 12.2 Å². The fourth-order valence-corrected chi connectivity index (χ4v) is 3.29. The molecule has 0 radical (unpaired) electrons. The van der Waals surface area contributed by atoms with Gasteiger partial charge in [-0.2, -0.15) is 13.2 Å². The number of carbonyl (C=O) groups is 2. The number of halogens is 3. The summed E-state index contributed by atoms with van der Waals surface area (Å²) in [6.45, 7) is 3.71. The van der Waals surface area contributed by atoms with Crippen LogP contribution in [-0.4, -0.2) is 30.1 Å². The van der Waals surface area contributed by atoms with Crippen molar-refractivity contribution in [3.8, 4) is 11.5 Å². The van der Waals surface area contributed by atoms with E-state index in [0.29, 0.717) is 17.1 Å². The molecule has 3 rings (SSSR count). The predicted octanol–water partition coefficient (Wildman–Crippen LogP) is 4.33. The number of rotatable bonds is 5. The second kappa shape index (κ2) is 8.99. The lowest BCUT2D eigenvalue weighted by Crippen LogP contribution is -2.54. The Kier molecular flexibility index (Phi) is 6.54. The molecule has 0 atom stereocenters. The topological polar surface area (TPSA) is 67.9 Å². The fraction of sp³-hybridized carbons (Fsp3) is 0.227. The predicted molar refractivity (Wildman–Crippen MR) is 116 cm³/mol. The summed E-state index contributed by atoms with van der Waals surface area (Å²) >= 11 is 5.04. The number of thiocarbonyl (C=S) groups is 1. The van der Waals surface area contributed by atoms with Gasteiger partial charge in [-0.3, -0.25) is 19.8 Å². The van der Waals surface area contributed by atoms with E-state index in [1.807, 2.05) is 13.8 Å². The summed E-state index contributed by atoms with van der Waals surface area (Å²) < 4.78 is 50.2. The first-order valence-electron chi connectivity index (χ1n) is 9.44. The van der Waals surface area contributed by atoms with Gasteiger partial charge in [0.2, 0.25) is 0 Å². The van der Waals surface area contributed by atoms with Crippen LogP contribution in [0.2, 0.25) is 0 Å². The van der Waals surface area contributed by atoms with E-state index < -0.39 is 23.6 Å². The molecule has 10 heteroatoms. The number of amides is 2. The van der Waals surface area contributed by atoms with Crippen molar-refractivity contribution in [2.75, 3.05) is 12.0 Å². The van der Waals surface area contributed by atoms with E-state index >= 15 is 0 Å². The molecular formula is C22H19F3N2O4S. The molecule has 1 heterocycles. The average Bonchev–Trinajstić information content (AvgIpc) is 2.71. The number of carbonyl (C=O) groups excluding carboxylic acids is 2. The van der Waals surface area contributed by atoms with E-state index in [0.717, 1.165) is 23.1 Å². The SMILES string of the molecule is COc1cc(/C=C2\C(=O)NC(=S)N(c3cccc(C(F)(F)F)c3)C2=O)ccc1OC(C)C. The maximum Gasteiger partial charge on any atom is 0.416 e. The number of anilines is 1. The third kappa shape index (κ3) is 4.91. The van der Waals surface area contributed by atoms with Gasteiger partial charge in [-0.1, -0.05) is 12.1 Å². The van der Waals surface area contributed by atoms with Crippen molar-refractivity contribution in [2.24, 2.45) is 0 Å². The molecule has 0 bridgehead atoms. The van der Waals surface area contributed by atoms with Gasteiger partial charge in [0, 0.05) is 0 Å². The van der Waals surface area contributed by atoms with Crippen molar-refractivity contribution in [2.45, 2.75) is 26.1 Å². The Bertz CT molecular complexity index is 1110. The van der Waals surface area contributed by atoms with Crippen LogP contribution in [0, 0.1) is 0 Å². The molecule has 1 saturated heterocycles. The first-order chi connectivity index (χ1) is 15.0. The summed E-state index contributed by atoms with van der Waals surface area (Å²) in [5, 5.41) is 2.03. The molecule has 0 spiro atoms. The Morgan fingerprint density at radius 1 is 1.09 bits per heavy atom. The zero-order valence-corrected chi connectivity index (χ0v) is 18.1. The van der Waals surface area contributed by atoms with E-state index in [9.17, 15) is 22.8 Å². The standard InChI is InChI=1S/C22H19F3N2O4S/c1-12(2)31-17-8-7-13(10-18(17)30-3)9-16-19(28)26-21(32)27(20(16)29)15-6-4-5-14(11-15)22(23,24)25/h4-12H,1-3H3,(H,26,28,32)/b16-9+. The molecule has 1 fully saturated rings. The molecule has 0 unspecified atom stereocenters. The van der Waals surface area contributed by atoms with Gasteiger partial charge >= 0.3 is 6.18 Å². The van der Waals surface area contributed by atoms with Gasteiger partial charge in [0.25, 0.3) is 11.8 Å². The highest BCUT2D eigenvalue weighted by Crippen LogP contribution is 2.33. The zero-order valence-electron chi connectivity index (χ0n) is 17.3. The van der Waals surface area contributed by atoms with Crippen molar-refractivity contribution < 1.29 is 32.2 Å². The Hall–Kier alpha value is -3.40. The third-order valence-corrected chi connectivity index (χ3v) is 4.68. The molecule has 32 heavy (non-hydrogen) atoms. The minimum atomic E-state index is -4.60. The van der Waals surface area contributed by atoms with Gasteiger partial charge in [-0.05, 0) is 68.0 Å². The first kappa shape index (κ1) is 23.3. The van der Waals surface area contributed by atoms with Gasteiger partial charge in [-0.25, -0.2) is 0 Å². The summed E-state index contributed by atoms with van der Waals surface area (Å²) in [6, 6.07) is 8.96. The molecule has 1 aliphatic rings. The van der Waals surface area contributed by atoms with Crippen LogP contribution in [0.4, 0.5) is 18.9 Å². The minimum Gasteiger partial charge on any atom is -0.493 e. The summed E-state index contributed by atoms with van der Waals surface area (Å²) in [7, 11) is 1.45. The van der Waals surface area contributed by atoms with Crippen LogP contribution in [0.3, 0.4) is 0 Å². The van der Waals surface area contributed by atoms with Crippen LogP contribution in [0.25, 0.3) is 6.08 Å². The largest absolute Gasteiger partial charge is 0.493 e. The lowest BCUT2D eigenvalue weighted by Gasteiger charge is -2.29. The molecular weight excluding hydrogens is 445 g/mol. The van der Waals surface area contributed by atoms with E-state index in [-0.39, 0.29) is 22.5 Å². The molecule has 2 aromatic carbocycles. The van der Waals surface area contributed by atoms with E-state index in [1.165, 1.54) is 19.3 Å². The minimum absolute atomic E-state index is 0.0964. The monoisotopic (exact) mass is 464 g/mol. The summed E-state index contributed by atoms with van der Waals surface area (Å²) in [5.41, 5.74) is -0.902. The number of benzene rings is 2. The number of nitrogens with one attached hydrogen (secondary N) is 1. The maximum atomic E-state index is 13.1. The van der Waals surface area contributed by atoms with Crippen molar-refractivity contribution in [3.05, 3.63) is 59.2 Å². The number of nitrogens with zero attached hydrogens (tertiary/aromatic N) is 1. The molecule has 6 nitrogen and oxygen atoms in total. The van der Waals surface area contributed by atoms with E-state index in [1.54, 1.807) is 18.2 Å². The summed E-state index contributed by atoms with van der Waals surface area (Å²) in [6.07, 6.45) is -3.39. The lowest BCUT2D eigenvalue weighted by atomic mass is 10.1. The van der Waals surface area contributed by atoms with Crippen LogP contribution in [0.15, 0.2) is 48.0 Å². The highest BCUT2D eigenvalue weighted by molar-refractivity contribution is 7.80. The quantitative estimate of drug-likeness (QED) is 0.405. The Labute approximate surface area is 187 Å². The number of hydrogen-bond acceptors (Lipinski definition) is 5. The second-order valence-electron chi connectivity index (χ2n) is 7.08. The van der Waals surface area contributed by atoms with Gasteiger partial charge < -0.3 is 9.47 Å². The number of ether oxygens (including phenoxy) is 2. The van der Waals surface area contributed by atoms with Gasteiger partial charge in [0.15, 0.2) is 16.6 Å². The lowest BCUT2D eigenvalue weighted by molar-refractivity contribution is -0.137. The smallest absolute Gasteiger partial charge is 0.416 e. The molecule has 1 aliphatic heterocycles. The third-order valence-electron chi connectivity index (χ3n) is 4.39. The molecule has 1 N–H and O–H groups in total. The van der Waals surface area contributed by atoms with Crippen LogP contribution in [-0.2, 0) is 15.8 Å². The molecule has 0 aliphatic carbocycles. The second-order valence-corrected chi connectivity index (χ2v) is 7.47. The maximum absolute atomic E-state index is 13.1. The van der Waals surface area contributed by atoms with Crippen LogP contribution < -0.4 is 19.7 Å². The van der Waals surface area contributed by atoms with Gasteiger partial charge in [0.05, 0.1) is 24.5 Å². The van der Waals surface area contributed by atoms with Crippen molar-refractivity contribution >= 4 is 40.9 Å². The average molecular weight is 464 g/mol. The van der Waals surface area contributed by atoms with Crippen LogP contribution in [0.5, 0.6) is 11.5 Å². The zero-order chi connectivity index (χ0) is 23.6. The van der Waals surface area contributed by atoms with E-state index in [2.05, 4.69) is 5.32 Å². The van der Waals surface area contributed by atoms with Gasteiger partial charge in [-0.15, -0.1) is 0 Å². The first-order valence-corrected chi connectivity index (χ1v) is 9.85. The number of hydrogen-bond donors (Lipinski definition) is 1. The van der Waals surface area contributed by atoms with Crippen molar-refractivity contribution in [1.29, 1.82) is 0 Å². The Morgan fingerprint density at radius 3 is 2.44 bits per heavy atom. The van der Waals surface area contributed by atoms with Crippen LogP contribution in [0.1, 0.15) is 25.0 Å². The van der Waals surface area contributed by atoms with Gasteiger partial charge in [0.1, 0.15) is 5.57 Å².